The molecule has 0 aromatic carbocycles. The molecule has 3 nitrogen and oxygen atoms in total. The monoisotopic (exact) mass is 276 g/mol. The van der Waals surface area contributed by atoms with Gasteiger partial charge in [0.1, 0.15) is 0 Å². The quantitative estimate of drug-likeness (QED) is 0.897. The van der Waals surface area contributed by atoms with Crippen LogP contribution in [0.4, 0.5) is 13.2 Å². The van der Waals surface area contributed by atoms with Crippen LogP contribution in [0.15, 0.2) is 18.5 Å². The lowest BCUT2D eigenvalue weighted by Gasteiger charge is -2.30. The number of aromatic nitrogens is 1. The molecule has 0 saturated carbocycles. The third-order valence-electron chi connectivity index (χ3n) is 3.06. The van der Waals surface area contributed by atoms with Crippen molar-refractivity contribution >= 4 is 0 Å². The van der Waals surface area contributed by atoms with Crippen molar-refractivity contribution in [2.45, 2.75) is 32.2 Å². The molecule has 1 aromatic heterocycles. The Hall–Kier alpha value is -1.14. The molecule has 0 aliphatic rings. The van der Waals surface area contributed by atoms with Crippen molar-refractivity contribution < 1.29 is 17.9 Å². The fourth-order valence-corrected chi connectivity index (χ4v) is 2.20. The van der Waals surface area contributed by atoms with Gasteiger partial charge >= 0.3 is 6.18 Å². The summed E-state index contributed by atoms with van der Waals surface area (Å²) in [7, 11) is 3.12. The molecule has 108 valence electrons. The molecule has 0 saturated heterocycles. The van der Waals surface area contributed by atoms with Crippen molar-refractivity contribution in [3.8, 4) is 0 Å². The largest absolute Gasteiger partial charge is 0.416 e. The minimum atomic E-state index is -4.40. The van der Waals surface area contributed by atoms with Gasteiger partial charge in [-0.05, 0) is 19.0 Å². The summed E-state index contributed by atoms with van der Waals surface area (Å²) in [5.74, 6) is 0.0729. The highest BCUT2D eigenvalue weighted by atomic mass is 19.4. The van der Waals surface area contributed by atoms with Crippen LogP contribution in [0.2, 0.25) is 0 Å². The molecule has 0 bridgehead atoms. The van der Waals surface area contributed by atoms with Crippen LogP contribution >= 0.6 is 0 Å². The molecule has 1 aromatic rings. The number of pyridine rings is 1. The Morgan fingerprint density at radius 1 is 1.32 bits per heavy atom. The molecule has 2 unspecified atom stereocenters. The maximum absolute atomic E-state index is 13.0. The van der Waals surface area contributed by atoms with Crippen LogP contribution in [-0.4, -0.2) is 25.2 Å². The normalized spacial score (nSPS) is 15.6. The number of likely N-dealkylation sites (N-methyl/N-ethyl adjacent to an activating group) is 1. The Morgan fingerprint density at radius 2 is 1.95 bits per heavy atom. The van der Waals surface area contributed by atoms with Crippen molar-refractivity contribution in [3.05, 3.63) is 29.6 Å². The molecule has 1 heterocycles. The molecule has 0 radical (unpaired) electrons. The zero-order chi connectivity index (χ0) is 14.6. The van der Waals surface area contributed by atoms with E-state index in [1.165, 1.54) is 13.3 Å². The number of hydrogen-bond donors (Lipinski definition) is 1. The minimum absolute atomic E-state index is 0.0729. The molecule has 6 heteroatoms. The van der Waals surface area contributed by atoms with Gasteiger partial charge in [-0.3, -0.25) is 4.98 Å². The van der Waals surface area contributed by atoms with Gasteiger partial charge < -0.3 is 10.1 Å². The molecule has 1 rings (SSSR count). The smallest absolute Gasteiger partial charge is 0.379 e. The number of halogens is 3. The third-order valence-corrected chi connectivity index (χ3v) is 3.06. The summed E-state index contributed by atoms with van der Waals surface area (Å²) in [5.41, 5.74) is -0.567. The van der Waals surface area contributed by atoms with Gasteiger partial charge in [0.05, 0.1) is 17.7 Å². The van der Waals surface area contributed by atoms with Crippen LogP contribution < -0.4 is 5.32 Å². The van der Waals surface area contributed by atoms with Crippen molar-refractivity contribution in [1.29, 1.82) is 0 Å². The first-order valence-electron chi connectivity index (χ1n) is 6.04. The van der Waals surface area contributed by atoms with E-state index in [-0.39, 0.29) is 17.6 Å². The Morgan fingerprint density at radius 3 is 2.37 bits per heavy atom. The molecular weight excluding hydrogens is 257 g/mol. The number of methoxy groups -OCH3 is 1. The predicted octanol–water partition coefficient (Wildman–Crippen LogP) is 3.03. The molecule has 0 aliphatic carbocycles. The van der Waals surface area contributed by atoms with E-state index in [0.29, 0.717) is 0 Å². The first-order valence-corrected chi connectivity index (χ1v) is 6.04. The fraction of sp³-hybridized carbons (Fsp3) is 0.615. The summed E-state index contributed by atoms with van der Waals surface area (Å²) in [4.78, 5) is 3.81. The lowest BCUT2D eigenvalue weighted by molar-refractivity contribution is -0.139. The maximum Gasteiger partial charge on any atom is 0.416 e. The summed E-state index contributed by atoms with van der Waals surface area (Å²) < 4.78 is 44.4. The molecule has 19 heavy (non-hydrogen) atoms. The second-order valence-electron chi connectivity index (χ2n) is 4.67. The lowest BCUT2D eigenvalue weighted by Crippen LogP contribution is -2.36. The van der Waals surface area contributed by atoms with Crippen molar-refractivity contribution in [3.63, 3.8) is 0 Å². The zero-order valence-electron chi connectivity index (χ0n) is 11.5. The molecule has 0 amide bonds. The van der Waals surface area contributed by atoms with Crippen LogP contribution in [0.5, 0.6) is 0 Å². The Labute approximate surface area is 111 Å². The zero-order valence-corrected chi connectivity index (χ0v) is 11.5. The number of alkyl halides is 3. The summed E-state index contributed by atoms with van der Waals surface area (Å²) in [5, 5.41) is 2.90. The van der Waals surface area contributed by atoms with E-state index >= 15 is 0 Å². The molecular formula is C13H19F3N2O. The van der Waals surface area contributed by atoms with E-state index < -0.39 is 17.8 Å². The SMILES string of the molecule is CNC(c1cnccc1C(F)(F)F)C(OC)C(C)C. The van der Waals surface area contributed by atoms with Gasteiger partial charge in [0.15, 0.2) is 0 Å². The highest BCUT2D eigenvalue weighted by molar-refractivity contribution is 5.30. The topological polar surface area (TPSA) is 34.2 Å². The van der Waals surface area contributed by atoms with Crippen LogP contribution in [-0.2, 0) is 10.9 Å². The van der Waals surface area contributed by atoms with E-state index in [1.807, 2.05) is 13.8 Å². The molecule has 0 fully saturated rings. The second kappa shape index (κ2) is 6.34. The number of hydrogen-bond acceptors (Lipinski definition) is 3. The number of ether oxygens (including phenoxy) is 1. The average molecular weight is 276 g/mol. The van der Waals surface area contributed by atoms with Crippen molar-refractivity contribution in [2.24, 2.45) is 5.92 Å². The van der Waals surface area contributed by atoms with Gasteiger partial charge in [-0.25, -0.2) is 0 Å². The minimum Gasteiger partial charge on any atom is -0.379 e. The van der Waals surface area contributed by atoms with E-state index in [9.17, 15) is 13.2 Å². The van der Waals surface area contributed by atoms with E-state index in [4.69, 9.17) is 4.74 Å². The van der Waals surface area contributed by atoms with Crippen LogP contribution in [0.25, 0.3) is 0 Å². The van der Waals surface area contributed by atoms with Crippen molar-refractivity contribution in [2.75, 3.05) is 14.2 Å². The van der Waals surface area contributed by atoms with E-state index in [2.05, 4.69) is 10.3 Å². The number of nitrogens with one attached hydrogen (secondary N) is 1. The molecule has 0 aliphatic heterocycles. The van der Waals surface area contributed by atoms with Gasteiger partial charge in [-0.15, -0.1) is 0 Å². The van der Waals surface area contributed by atoms with Gasteiger partial charge in [0, 0.05) is 25.1 Å². The van der Waals surface area contributed by atoms with Crippen LogP contribution in [0.1, 0.15) is 31.0 Å². The van der Waals surface area contributed by atoms with E-state index in [0.717, 1.165) is 12.3 Å². The highest BCUT2D eigenvalue weighted by Crippen LogP contribution is 2.36. The third kappa shape index (κ3) is 3.67. The lowest BCUT2D eigenvalue weighted by atomic mass is 9.91. The molecule has 1 N–H and O–H groups in total. The Kier molecular flexibility index (Phi) is 5.31. The summed E-state index contributed by atoms with van der Waals surface area (Å²) in [6, 6.07) is 0.433. The van der Waals surface area contributed by atoms with Crippen LogP contribution in [0.3, 0.4) is 0 Å². The maximum atomic E-state index is 13.0. The summed E-state index contributed by atoms with van der Waals surface area (Å²) in [6.45, 7) is 3.81. The second-order valence-corrected chi connectivity index (χ2v) is 4.67. The number of nitrogens with zero attached hydrogens (tertiary/aromatic N) is 1. The average Bonchev–Trinajstić information content (AvgIpc) is 2.34. The summed E-state index contributed by atoms with van der Waals surface area (Å²) >= 11 is 0. The predicted molar refractivity (Wildman–Crippen MR) is 66.7 cm³/mol. The van der Waals surface area contributed by atoms with Crippen molar-refractivity contribution in [1.82, 2.24) is 10.3 Å². The van der Waals surface area contributed by atoms with E-state index in [1.54, 1.807) is 7.05 Å². The summed E-state index contributed by atoms with van der Waals surface area (Å²) in [6.07, 6.45) is -2.37. The molecule has 2 atom stereocenters. The van der Waals surface area contributed by atoms with Gasteiger partial charge in [0.25, 0.3) is 0 Å². The van der Waals surface area contributed by atoms with Gasteiger partial charge in [0.2, 0.25) is 0 Å². The van der Waals surface area contributed by atoms with Gasteiger partial charge in [-0.1, -0.05) is 13.8 Å². The highest BCUT2D eigenvalue weighted by Gasteiger charge is 2.37. The first-order chi connectivity index (χ1) is 8.82. The standard InChI is InChI=1S/C13H19F3N2O/c1-8(2)12(19-4)11(17-3)9-7-18-6-5-10(9)13(14,15)16/h5-8,11-12,17H,1-4H3. The Bertz CT molecular complexity index is 407. The fourth-order valence-electron chi connectivity index (χ4n) is 2.20. The molecule has 0 spiro atoms. The van der Waals surface area contributed by atoms with Crippen LogP contribution in [0, 0.1) is 5.92 Å². The Balaban J connectivity index is 3.26. The number of rotatable bonds is 5. The van der Waals surface area contributed by atoms with Gasteiger partial charge in [-0.2, -0.15) is 13.2 Å². The first kappa shape index (κ1) is 15.9.